The van der Waals surface area contributed by atoms with Crippen LogP contribution < -0.4 is 0 Å². The van der Waals surface area contributed by atoms with Gasteiger partial charge < -0.3 is 14.3 Å². The van der Waals surface area contributed by atoms with Crippen molar-refractivity contribution in [1.29, 1.82) is 0 Å². The summed E-state index contributed by atoms with van der Waals surface area (Å²) < 4.78 is 9.87. The Labute approximate surface area is 126 Å². The number of benzene rings is 1. The second kappa shape index (κ2) is 5.77. The third-order valence-corrected chi connectivity index (χ3v) is 4.52. The number of fused-ring (bicyclic) bond motifs is 1. The molecule has 2 aromatic rings. The first-order valence-corrected chi connectivity index (χ1v) is 7.94. The molecule has 0 amide bonds. The minimum absolute atomic E-state index is 0.464. The van der Waals surface area contributed by atoms with Gasteiger partial charge in [0.05, 0.1) is 23.7 Å². The van der Waals surface area contributed by atoms with E-state index in [0.29, 0.717) is 6.10 Å². The fourth-order valence-electron chi connectivity index (χ4n) is 2.71. The molecule has 0 spiro atoms. The molecule has 1 saturated carbocycles. The number of nitrogens with one attached hydrogen (secondary N) is 1. The van der Waals surface area contributed by atoms with E-state index in [1.54, 1.807) is 0 Å². The second-order valence-corrected chi connectivity index (χ2v) is 6.32. The molecule has 5 heteroatoms. The monoisotopic (exact) mass is 340 g/mol. The summed E-state index contributed by atoms with van der Waals surface area (Å²) in [7, 11) is 0. The van der Waals surface area contributed by atoms with Gasteiger partial charge in [0.2, 0.25) is 0 Å². The van der Waals surface area contributed by atoms with E-state index in [2.05, 4.69) is 31.5 Å². The summed E-state index contributed by atoms with van der Waals surface area (Å²) in [6.45, 7) is 1.55. The first-order chi connectivity index (χ1) is 9.24. The topological polar surface area (TPSA) is 29.9 Å². The summed E-state index contributed by atoms with van der Waals surface area (Å²) in [6, 6.07) is 6.16. The summed E-state index contributed by atoms with van der Waals surface area (Å²) in [4.78, 5) is 3.23. The zero-order valence-corrected chi connectivity index (χ0v) is 13.1. The predicted molar refractivity (Wildman–Crippen MR) is 83.0 cm³/mol. The Kier molecular flexibility index (Phi) is 4.05. The molecule has 1 heterocycles. The van der Waals surface area contributed by atoms with Crippen molar-refractivity contribution in [2.24, 2.45) is 0 Å². The summed E-state index contributed by atoms with van der Waals surface area (Å²) in [5.41, 5.74) is 2.21. The van der Waals surface area contributed by atoms with Crippen molar-refractivity contribution in [3.63, 3.8) is 0 Å². The number of ether oxygens (including phenoxy) is 1. The number of halogens is 1. The van der Waals surface area contributed by atoms with Gasteiger partial charge in [-0.15, -0.1) is 0 Å². The van der Waals surface area contributed by atoms with Gasteiger partial charge in [0, 0.05) is 11.0 Å². The molecular weight excluding hydrogens is 324 g/mol. The van der Waals surface area contributed by atoms with E-state index in [-0.39, 0.29) is 0 Å². The third-order valence-electron chi connectivity index (χ3n) is 3.71. The molecule has 0 aliphatic heterocycles. The molecule has 1 aromatic carbocycles. The normalized spacial score (nSPS) is 16.5. The molecule has 0 bridgehead atoms. The van der Waals surface area contributed by atoms with Crippen molar-refractivity contribution in [3.8, 4) is 0 Å². The Morgan fingerprint density at radius 2 is 2.16 bits per heavy atom. The van der Waals surface area contributed by atoms with Crippen molar-refractivity contribution < 1.29 is 4.74 Å². The molecule has 19 heavy (non-hydrogen) atoms. The van der Waals surface area contributed by atoms with Crippen molar-refractivity contribution in [2.45, 2.75) is 38.3 Å². The van der Waals surface area contributed by atoms with Gasteiger partial charge in [-0.3, -0.25) is 0 Å². The van der Waals surface area contributed by atoms with Gasteiger partial charge in [-0.05, 0) is 43.3 Å². The summed E-state index contributed by atoms with van der Waals surface area (Å²) in [5, 5.41) is 0. The maximum absolute atomic E-state index is 5.92. The average Bonchev–Trinajstić information content (AvgIpc) is 2.99. The molecule has 1 aromatic heterocycles. The highest BCUT2D eigenvalue weighted by Gasteiger charge is 2.15. The van der Waals surface area contributed by atoms with E-state index in [0.717, 1.165) is 33.4 Å². The SMILES string of the molecule is S=c1[nH]c2ccc(Br)cc2n1CCOC1CCCC1. The van der Waals surface area contributed by atoms with Crippen molar-refractivity contribution in [1.82, 2.24) is 9.55 Å². The lowest BCUT2D eigenvalue weighted by molar-refractivity contribution is 0.0533. The van der Waals surface area contributed by atoms with Crippen molar-refractivity contribution in [3.05, 3.63) is 27.4 Å². The van der Waals surface area contributed by atoms with Crippen LogP contribution in [0.4, 0.5) is 0 Å². The first kappa shape index (κ1) is 13.3. The first-order valence-electron chi connectivity index (χ1n) is 6.74. The van der Waals surface area contributed by atoms with E-state index >= 15 is 0 Å². The molecule has 1 aliphatic carbocycles. The summed E-state index contributed by atoms with van der Waals surface area (Å²) >= 11 is 8.89. The zero-order valence-electron chi connectivity index (χ0n) is 10.7. The number of H-pyrrole nitrogens is 1. The largest absolute Gasteiger partial charge is 0.376 e. The number of hydrogen-bond acceptors (Lipinski definition) is 2. The molecular formula is C14H17BrN2OS. The van der Waals surface area contributed by atoms with Crippen LogP contribution in [-0.2, 0) is 11.3 Å². The molecule has 3 rings (SSSR count). The van der Waals surface area contributed by atoms with Crippen LogP contribution >= 0.6 is 28.1 Å². The summed E-state index contributed by atoms with van der Waals surface area (Å²) in [5.74, 6) is 0. The molecule has 102 valence electrons. The van der Waals surface area contributed by atoms with Gasteiger partial charge in [0.1, 0.15) is 0 Å². The number of nitrogens with zero attached hydrogens (tertiary/aromatic N) is 1. The maximum Gasteiger partial charge on any atom is 0.178 e. The van der Waals surface area contributed by atoms with Crippen LogP contribution in [0.25, 0.3) is 11.0 Å². The van der Waals surface area contributed by atoms with Gasteiger partial charge in [-0.2, -0.15) is 0 Å². The van der Waals surface area contributed by atoms with Crippen molar-refractivity contribution in [2.75, 3.05) is 6.61 Å². The lowest BCUT2D eigenvalue weighted by atomic mass is 10.3. The zero-order chi connectivity index (χ0) is 13.2. The lowest BCUT2D eigenvalue weighted by Gasteiger charge is -2.11. The Hall–Kier alpha value is -0.650. The number of rotatable bonds is 4. The van der Waals surface area contributed by atoms with Gasteiger partial charge in [0.15, 0.2) is 4.77 Å². The minimum atomic E-state index is 0.464. The van der Waals surface area contributed by atoms with E-state index in [1.807, 2.05) is 12.1 Å². The molecule has 1 aliphatic rings. The van der Waals surface area contributed by atoms with Gasteiger partial charge in [0.25, 0.3) is 0 Å². The maximum atomic E-state index is 5.92. The number of hydrogen-bond donors (Lipinski definition) is 1. The fourth-order valence-corrected chi connectivity index (χ4v) is 3.36. The summed E-state index contributed by atoms with van der Waals surface area (Å²) in [6.07, 6.45) is 5.51. The van der Waals surface area contributed by atoms with Crippen LogP contribution in [0.3, 0.4) is 0 Å². The van der Waals surface area contributed by atoms with E-state index in [1.165, 1.54) is 25.7 Å². The van der Waals surface area contributed by atoms with Crippen LogP contribution in [0.5, 0.6) is 0 Å². The van der Waals surface area contributed by atoms with Crippen LogP contribution in [0, 0.1) is 4.77 Å². The number of aromatic amines is 1. The smallest absolute Gasteiger partial charge is 0.178 e. The molecule has 0 atom stereocenters. The average molecular weight is 341 g/mol. The van der Waals surface area contributed by atoms with E-state index < -0.39 is 0 Å². The lowest BCUT2D eigenvalue weighted by Crippen LogP contribution is -2.13. The van der Waals surface area contributed by atoms with E-state index in [9.17, 15) is 0 Å². The van der Waals surface area contributed by atoms with Crippen LogP contribution in [-0.4, -0.2) is 22.3 Å². The van der Waals surface area contributed by atoms with Gasteiger partial charge >= 0.3 is 0 Å². The predicted octanol–water partition coefficient (Wildman–Crippen LogP) is 4.42. The Morgan fingerprint density at radius 1 is 1.37 bits per heavy atom. The minimum Gasteiger partial charge on any atom is -0.376 e. The molecule has 3 nitrogen and oxygen atoms in total. The van der Waals surface area contributed by atoms with Crippen LogP contribution in [0.15, 0.2) is 22.7 Å². The van der Waals surface area contributed by atoms with Gasteiger partial charge in [-0.1, -0.05) is 28.8 Å². The van der Waals surface area contributed by atoms with E-state index in [4.69, 9.17) is 17.0 Å². The highest BCUT2D eigenvalue weighted by molar-refractivity contribution is 9.10. The Balaban J connectivity index is 1.74. The standard InChI is InChI=1S/C14H17BrN2OS/c15-10-5-6-12-13(9-10)17(14(19)16-12)7-8-18-11-3-1-2-4-11/h5-6,9,11H,1-4,7-8H2,(H,16,19). The number of imidazole rings is 1. The van der Waals surface area contributed by atoms with Crippen LogP contribution in [0.2, 0.25) is 0 Å². The molecule has 0 unspecified atom stereocenters. The Bertz CT molecular complexity index is 628. The second-order valence-electron chi connectivity index (χ2n) is 5.02. The third kappa shape index (κ3) is 2.93. The molecule has 0 radical (unpaired) electrons. The molecule has 1 N–H and O–H groups in total. The number of aromatic nitrogens is 2. The quantitative estimate of drug-likeness (QED) is 0.835. The molecule has 0 saturated heterocycles. The highest BCUT2D eigenvalue weighted by atomic mass is 79.9. The Morgan fingerprint density at radius 3 is 2.95 bits per heavy atom. The van der Waals surface area contributed by atoms with Crippen LogP contribution in [0.1, 0.15) is 25.7 Å². The van der Waals surface area contributed by atoms with Gasteiger partial charge in [-0.25, -0.2) is 0 Å². The highest BCUT2D eigenvalue weighted by Crippen LogP contribution is 2.22. The fraction of sp³-hybridized carbons (Fsp3) is 0.500. The molecule has 1 fully saturated rings. The van der Waals surface area contributed by atoms with Crippen molar-refractivity contribution >= 4 is 39.2 Å².